The molecule has 0 amide bonds. The minimum atomic E-state index is -1.31. The molecule has 0 bridgehead atoms. The minimum Gasteiger partial charge on any atom is -0.478 e. The lowest BCUT2D eigenvalue weighted by Gasteiger charge is -2.29. The van der Waals surface area contributed by atoms with Gasteiger partial charge >= 0.3 is 17.9 Å². The lowest BCUT2D eigenvalue weighted by atomic mass is 10.0. The van der Waals surface area contributed by atoms with E-state index in [9.17, 15) is 18.8 Å². The van der Waals surface area contributed by atoms with Crippen molar-refractivity contribution in [2.24, 2.45) is 0 Å². The predicted octanol–water partition coefficient (Wildman–Crippen LogP) is 3.41. The molecule has 0 aliphatic carbocycles. The van der Waals surface area contributed by atoms with Gasteiger partial charge in [0.2, 0.25) is 0 Å². The van der Waals surface area contributed by atoms with Crippen LogP contribution in [0.5, 0.6) is 0 Å². The molecule has 1 heterocycles. The fourth-order valence-corrected chi connectivity index (χ4v) is 2.59. The van der Waals surface area contributed by atoms with Crippen molar-refractivity contribution in [1.29, 1.82) is 0 Å². The van der Waals surface area contributed by atoms with E-state index in [1.165, 1.54) is 32.1 Å². The summed E-state index contributed by atoms with van der Waals surface area (Å²) in [5.74, 6) is -4.75. The first-order valence-electron chi connectivity index (χ1n) is 7.98. The number of cyclic esters (lactones) is 2. The average Bonchev–Trinajstić information content (AvgIpc) is 2.58. The van der Waals surface area contributed by atoms with E-state index in [1.54, 1.807) is 24.3 Å². The Morgan fingerprint density at radius 2 is 1.63 bits per heavy atom. The fraction of sp³-hybridized carbons (Fsp3) is 0.150. The summed E-state index contributed by atoms with van der Waals surface area (Å²) in [7, 11) is 0. The number of ether oxygens (including phenoxy) is 2. The van der Waals surface area contributed by atoms with Gasteiger partial charge in [0.25, 0.3) is 5.79 Å². The Bertz CT molecular complexity index is 950. The zero-order valence-corrected chi connectivity index (χ0v) is 14.5. The zero-order valence-electron chi connectivity index (χ0n) is 14.5. The highest BCUT2D eigenvalue weighted by Gasteiger charge is 2.38. The summed E-state index contributed by atoms with van der Waals surface area (Å²) in [4.78, 5) is 34.8. The van der Waals surface area contributed by atoms with Gasteiger partial charge in [0.15, 0.2) is 0 Å². The topological polar surface area (TPSA) is 89.9 Å². The molecule has 0 atom stereocenters. The summed E-state index contributed by atoms with van der Waals surface area (Å²) >= 11 is 0. The highest BCUT2D eigenvalue weighted by molar-refractivity contribution is 6.18. The molecular weight excluding hydrogens is 355 g/mol. The molecule has 0 aromatic heterocycles. The maximum atomic E-state index is 14.1. The molecule has 0 saturated carbocycles. The number of rotatable bonds is 3. The van der Waals surface area contributed by atoms with Crippen molar-refractivity contribution < 1.29 is 33.4 Å². The molecule has 7 heteroatoms. The van der Waals surface area contributed by atoms with Crippen molar-refractivity contribution in [1.82, 2.24) is 0 Å². The highest BCUT2D eigenvalue weighted by Crippen LogP contribution is 2.27. The Hall–Kier alpha value is -3.48. The molecule has 0 radical (unpaired) electrons. The lowest BCUT2D eigenvalue weighted by molar-refractivity contribution is -0.222. The van der Waals surface area contributed by atoms with E-state index in [-0.39, 0.29) is 16.7 Å². The Morgan fingerprint density at radius 3 is 2.15 bits per heavy atom. The first kappa shape index (κ1) is 18.3. The van der Waals surface area contributed by atoms with Crippen molar-refractivity contribution in [2.75, 3.05) is 0 Å². The lowest BCUT2D eigenvalue weighted by Crippen LogP contribution is -2.41. The van der Waals surface area contributed by atoms with Crippen molar-refractivity contribution in [2.45, 2.75) is 19.6 Å². The summed E-state index contributed by atoms with van der Waals surface area (Å²) < 4.78 is 24.2. The van der Waals surface area contributed by atoms with Gasteiger partial charge in [0.05, 0.1) is 5.56 Å². The summed E-state index contributed by atoms with van der Waals surface area (Å²) in [6.45, 7) is 2.91. The first-order chi connectivity index (χ1) is 12.7. The minimum absolute atomic E-state index is 0.144. The quantitative estimate of drug-likeness (QED) is 0.506. The summed E-state index contributed by atoms with van der Waals surface area (Å²) in [5.41, 5.74) is 0.887. The van der Waals surface area contributed by atoms with E-state index in [0.29, 0.717) is 11.1 Å². The van der Waals surface area contributed by atoms with Crippen LogP contribution in [-0.2, 0) is 19.1 Å². The van der Waals surface area contributed by atoms with Crippen LogP contribution < -0.4 is 0 Å². The second-order valence-corrected chi connectivity index (χ2v) is 6.36. The maximum absolute atomic E-state index is 14.1. The zero-order chi connectivity index (χ0) is 19.8. The molecule has 27 heavy (non-hydrogen) atoms. The molecule has 138 valence electrons. The molecule has 2 aromatic rings. The highest BCUT2D eigenvalue weighted by atomic mass is 19.1. The van der Waals surface area contributed by atoms with Crippen molar-refractivity contribution in [3.8, 4) is 11.1 Å². The van der Waals surface area contributed by atoms with E-state index in [4.69, 9.17) is 14.6 Å². The van der Waals surface area contributed by atoms with Crippen LogP contribution in [-0.4, -0.2) is 28.8 Å². The van der Waals surface area contributed by atoms with Gasteiger partial charge in [-0.05, 0) is 29.3 Å². The smallest absolute Gasteiger partial charge is 0.348 e. The number of esters is 2. The van der Waals surface area contributed by atoms with Crippen LogP contribution in [0.4, 0.5) is 4.39 Å². The van der Waals surface area contributed by atoms with Crippen LogP contribution in [0.3, 0.4) is 0 Å². The largest absolute Gasteiger partial charge is 0.478 e. The maximum Gasteiger partial charge on any atom is 0.348 e. The third kappa shape index (κ3) is 3.87. The van der Waals surface area contributed by atoms with Crippen LogP contribution in [0.1, 0.15) is 29.8 Å². The van der Waals surface area contributed by atoms with E-state index in [2.05, 4.69) is 0 Å². The molecule has 1 aliphatic heterocycles. The van der Waals surface area contributed by atoms with E-state index < -0.39 is 29.5 Å². The van der Waals surface area contributed by atoms with Gasteiger partial charge in [-0.25, -0.2) is 18.8 Å². The standard InChI is InChI=1S/C20H15FO6/c1-20(2)26-18(24)15(19(25)27-20)9-11-3-5-12(6-4-11)14-8-7-13(17(22)23)10-16(14)21/h3-10H,1-2H3,(H,22,23). The van der Waals surface area contributed by atoms with Gasteiger partial charge in [-0.15, -0.1) is 0 Å². The van der Waals surface area contributed by atoms with Crippen LogP contribution in [0.25, 0.3) is 17.2 Å². The number of carbonyl (C=O) groups is 3. The number of benzene rings is 2. The number of halogens is 1. The van der Waals surface area contributed by atoms with E-state index in [1.807, 2.05) is 0 Å². The molecule has 1 saturated heterocycles. The third-order valence-corrected chi connectivity index (χ3v) is 3.87. The van der Waals surface area contributed by atoms with Gasteiger partial charge in [0, 0.05) is 19.4 Å². The molecule has 2 aromatic carbocycles. The normalized spacial score (nSPS) is 15.7. The molecule has 1 N–H and O–H groups in total. The second-order valence-electron chi connectivity index (χ2n) is 6.36. The van der Waals surface area contributed by atoms with Crippen LogP contribution in [0.2, 0.25) is 0 Å². The number of aromatic carboxylic acids is 1. The van der Waals surface area contributed by atoms with Crippen LogP contribution in [0, 0.1) is 5.82 Å². The van der Waals surface area contributed by atoms with Gasteiger partial charge in [-0.3, -0.25) is 0 Å². The molecule has 3 rings (SSSR count). The van der Waals surface area contributed by atoms with E-state index in [0.717, 1.165) is 6.07 Å². The van der Waals surface area contributed by atoms with Gasteiger partial charge in [-0.2, -0.15) is 0 Å². The summed E-state index contributed by atoms with van der Waals surface area (Å²) in [6.07, 6.45) is 1.33. The molecule has 1 fully saturated rings. The number of hydrogen-bond donors (Lipinski definition) is 1. The molecular formula is C20H15FO6. The van der Waals surface area contributed by atoms with E-state index >= 15 is 0 Å². The molecule has 0 unspecified atom stereocenters. The summed E-state index contributed by atoms with van der Waals surface area (Å²) in [5, 5.41) is 8.89. The Morgan fingerprint density at radius 1 is 1.04 bits per heavy atom. The third-order valence-electron chi connectivity index (χ3n) is 3.87. The molecule has 6 nitrogen and oxygen atoms in total. The van der Waals surface area contributed by atoms with Crippen molar-refractivity contribution in [3.63, 3.8) is 0 Å². The first-order valence-corrected chi connectivity index (χ1v) is 7.98. The summed E-state index contributed by atoms with van der Waals surface area (Å²) in [6, 6.07) is 10.0. The van der Waals surface area contributed by atoms with Crippen LogP contribution in [0.15, 0.2) is 48.0 Å². The van der Waals surface area contributed by atoms with Gasteiger partial charge in [-0.1, -0.05) is 30.3 Å². The average molecular weight is 370 g/mol. The molecule has 0 spiro atoms. The Labute approximate surface area is 153 Å². The SMILES string of the molecule is CC1(C)OC(=O)C(=Cc2ccc(-c3ccc(C(=O)O)cc3F)cc2)C(=O)O1. The predicted molar refractivity (Wildman–Crippen MR) is 93.0 cm³/mol. The van der Waals surface area contributed by atoms with Gasteiger partial charge < -0.3 is 14.6 Å². The van der Waals surface area contributed by atoms with Crippen LogP contribution >= 0.6 is 0 Å². The number of carboxylic acid groups (broad SMARTS) is 1. The number of hydrogen-bond acceptors (Lipinski definition) is 5. The molecule has 1 aliphatic rings. The van der Waals surface area contributed by atoms with Crippen molar-refractivity contribution >= 4 is 24.0 Å². The van der Waals surface area contributed by atoms with Gasteiger partial charge in [0.1, 0.15) is 11.4 Å². The Balaban J connectivity index is 1.87. The van der Waals surface area contributed by atoms with Crippen molar-refractivity contribution in [3.05, 3.63) is 65.0 Å². The second kappa shape index (κ2) is 6.68. The number of carboxylic acids is 1. The number of carbonyl (C=O) groups excluding carboxylic acids is 2. The fourth-order valence-electron chi connectivity index (χ4n) is 2.59. The Kier molecular flexibility index (Phi) is 4.53. The monoisotopic (exact) mass is 370 g/mol.